The number of H-pyrrole nitrogens is 1. The molecule has 1 heterocycles. The van der Waals surface area contributed by atoms with Gasteiger partial charge in [0.05, 0.1) is 10.9 Å². The minimum absolute atomic E-state index is 0.180. The first-order valence-corrected chi connectivity index (χ1v) is 8.62. The van der Waals surface area contributed by atoms with Gasteiger partial charge in [0.15, 0.2) is 0 Å². The van der Waals surface area contributed by atoms with Crippen LogP contribution in [0.2, 0.25) is 0 Å². The maximum atomic E-state index is 12.5. The Morgan fingerprint density at radius 3 is 2.62 bits per heavy atom. The van der Waals surface area contributed by atoms with E-state index >= 15 is 0 Å². The monoisotopic (exact) mass is 385 g/mol. The fourth-order valence-corrected chi connectivity index (χ4v) is 3.37. The zero-order chi connectivity index (χ0) is 17.4. The van der Waals surface area contributed by atoms with E-state index in [1.54, 1.807) is 0 Å². The Labute approximate surface area is 149 Å². The van der Waals surface area contributed by atoms with Crippen molar-refractivity contribution < 1.29 is 0 Å². The van der Waals surface area contributed by atoms with Crippen LogP contribution in [0.1, 0.15) is 22.3 Å². The highest BCUT2D eigenvalue weighted by Crippen LogP contribution is 2.22. The van der Waals surface area contributed by atoms with Gasteiger partial charge in [-0.15, -0.1) is 0 Å². The van der Waals surface area contributed by atoms with Crippen LogP contribution in [0.15, 0.2) is 39.6 Å². The topological polar surface area (TPSA) is 49.0 Å². The molecule has 3 rings (SSSR count). The standard InChI is InChI=1S/C19H20BrN3O/c1-11-8-16-17(13(3)12(11)2)18(24)22-19(21-16)23(4)10-14-6-5-7-15(20)9-14/h5-9H,10H2,1-4H3,(H,21,22,24). The summed E-state index contributed by atoms with van der Waals surface area (Å²) in [7, 11) is 1.93. The van der Waals surface area contributed by atoms with Gasteiger partial charge in [-0.2, -0.15) is 4.98 Å². The highest BCUT2D eigenvalue weighted by molar-refractivity contribution is 9.10. The van der Waals surface area contributed by atoms with Gasteiger partial charge < -0.3 is 9.88 Å². The first-order valence-electron chi connectivity index (χ1n) is 7.83. The molecule has 0 aliphatic carbocycles. The van der Waals surface area contributed by atoms with Gasteiger partial charge in [0.2, 0.25) is 5.95 Å². The molecule has 5 heteroatoms. The molecular weight excluding hydrogens is 366 g/mol. The average Bonchev–Trinajstić information content (AvgIpc) is 2.52. The zero-order valence-electron chi connectivity index (χ0n) is 14.3. The van der Waals surface area contributed by atoms with Crippen molar-refractivity contribution in [2.75, 3.05) is 11.9 Å². The van der Waals surface area contributed by atoms with Crippen molar-refractivity contribution in [3.8, 4) is 0 Å². The summed E-state index contributed by atoms with van der Waals surface area (Å²) in [6.07, 6.45) is 0. The van der Waals surface area contributed by atoms with E-state index < -0.39 is 0 Å². The van der Waals surface area contributed by atoms with E-state index in [0.717, 1.165) is 26.7 Å². The molecule has 2 aromatic carbocycles. The van der Waals surface area contributed by atoms with Crippen molar-refractivity contribution in [2.45, 2.75) is 27.3 Å². The van der Waals surface area contributed by atoms with Crippen LogP contribution in [0.4, 0.5) is 5.95 Å². The van der Waals surface area contributed by atoms with Crippen molar-refractivity contribution in [1.82, 2.24) is 9.97 Å². The Hall–Kier alpha value is -2.14. The molecule has 0 saturated heterocycles. The van der Waals surface area contributed by atoms with Crippen LogP contribution in [-0.4, -0.2) is 17.0 Å². The first-order chi connectivity index (χ1) is 11.4. The summed E-state index contributed by atoms with van der Waals surface area (Å²) in [5.41, 5.74) is 5.12. The number of halogens is 1. The number of fused-ring (bicyclic) bond motifs is 1. The number of benzene rings is 2. The molecule has 1 N–H and O–H groups in total. The maximum absolute atomic E-state index is 12.5. The number of nitrogens with zero attached hydrogens (tertiary/aromatic N) is 2. The number of anilines is 1. The highest BCUT2D eigenvalue weighted by Gasteiger charge is 2.12. The van der Waals surface area contributed by atoms with E-state index in [0.29, 0.717) is 17.9 Å². The second kappa shape index (κ2) is 6.40. The smallest absolute Gasteiger partial charge is 0.282 e. The molecule has 0 saturated carbocycles. The minimum Gasteiger partial charge on any atom is -0.341 e. The van der Waals surface area contributed by atoms with Crippen molar-refractivity contribution in [3.63, 3.8) is 0 Å². The lowest BCUT2D eigenvalue weighted by atomic mass is 10.0. The molecule has 3 aromatic rings. The molecule has 4 nitrogen and oxygen atoms in total. The highest BCUT2D eigenvalue weighted by atomic mass is 79.9. The summed E-state index contributed by atoms with van der Waals surface area (Å²) in [5.74, 6) is 0.579. The summed E-state index contributed by atoms with van der Waals surface area (Å²) < 4.78 is 1.04. The molecule has 0 unspecified atom stereocenters. The molecule has 1 aromatic heterocycles. The van der Waals surface area contributed by atoms with Crippen LogP contribution in [0.5, 0.6) is 0 Å². The second-order valence-electron chi connectivity index (χ2n) is 6.22. The number of rotatable bonds is 3. The van der Waals surface area contributed by atoms with Crippen LogP contribution in [0.3, 0.4) is 0 Å². The van der Waals surface area contributed by atoms with Crippen LogP contribution < -0.4 is 10.5 Å². The van der Waals surface area contributed by atoms with Gasteiger partial charge in [0.1, 0.15) is 0 Å². The van der Waals surface area contributed by atoms with Gasteiger partial charge in [-0.3, -0.25) is 4.79 Å². The van der Waals surface area contributed by atoms with Crippen molar-refractivity contribution in [1.29, 1.82) is 0 Å². The van der Waals surface area contributed by atoms with Crippen LogP contribution >= 0.6 is 15.9 Å². The Morgan fingerprint density at radius 1 is 1.17 bits per heavy atom. The summed E-state index contributed by atoms with van der Waals surface area (Å²) >= 11 is 3.48. The van der Waals surface area contributed by atoms with Gasteiger partial charge in [0, 0.05) is 18.1 Å². The Morgan fingerprint density at radius 2 is 1.92 bits per heavy atom. The zero-order valence-corrected chi connectivity index (χ0v) is 15.9. The number of aromatic nitrogens is 2. The fraction of sp³-hybridized carbons (Fsp3) is 0.263. The van der Waals surface area contributed by atoms with Gasteiger partial charge in [0.25, 0.3) is 5.56 Å². The fourth-order valence-electron chi connectivity index (χ4n) is 2.92. The van der Waals surface area contributed by atoms with Gasteiger partial charge in [-0.1, -0.05) is 28.1 Å². The molecule has 0 aliphatic heterocycles. The minimum atomic E-state index is -0.180. The molecule has 0 radical (unpaired) electrons. The SMILES string of the molecule is Cc1cc2[nH]c(N(C)Cc3cccc(Br)c3)nc(=O)c2c(C)c1C. The molecule has 0 amide bonds. The predicted molar refractivity (Wildman–Crippen MR) is 103 cm³/mol. The van der Waals surface area contributed by atoms with Crippen LogP contribution in [0, 0.1) is 20.8 Å². The number of nitrogens with one attached hydrogen (secondary N) is 1. The molecule has 0 bridgehead atoms. The largest absolute Gasteiger partial charge is 0.341 e. The van der Waals surface area contributed by atoms with E-state index in [-0.39, 0.29) is 5.56 Å². The van der Waals surface area contributed by atoms with Crippen LogP contribution in [0.25, 0.3) is 10.9 Å². The van der Waals surface area contributed by atoms with E-state index in [4.69, 9.17) is 0 Å². The summed E-state index contributed by atoms with van der Waals surface area (Å²) in [6.45, 7) is 6.74. The number of hydrogen-bond donors (Lipinski definition) is 1. The normalized spacial score (nSPS) is 11.0. The van der Waals surface area contributed by atoms with Gasteiger partial charge >= 0.3 is 0 Å². The molecule has 0 fully saturated rings. The Balaban J connectivity index is 2.04. The van der Waals surface area contributed by atoms with E-state index in [9.17, 15) is 4.79 Å². The van der Waals surface area contributed by atoms with Crippen LogP contribution in [-0.2, 0) is 6.54 Å². The second-order valence-corrected chi connectivity index (χ2v) is 7.13. The molecule has 0 spiro atoms. The number of aryl methyl sites for hydroxylation is 2. The summed E-state index contributed by atoms with van der Waals surface area (Å²) in [4.78, 5) is 22.0. The lowest BCUT2D eigenvalue weighted by molar-refractivity contribution is 0.867. The number of hydrogen-bond acceptors (Lipinski definition) is 3. The molecule has 0 aliphatic rings. The van der Waals surface area contributed by atoms with Crippen molar-refractivity contribution in [2.24, 2.45) is 0 Å². The molecule has 24 heavy (non-hydrogen) atoms. The van der Waals surface area contributed by atoms with E-state index in [1.165, 1.54) is 5.56 Å². The average molecular weight is 386 g/mol. The quantitative estimate of drug-likeness (QED) is 0.732. The predicted octanol–water partition coefficient (Wildman–Crippen LogP) is 4.25. The lowest BCUT2D eigenvalue weighted by Crippen LogP contribution is -2.23. The third kappa shape index (κ3) is 3.08. The third-order valence-electron chi connectivity index (χ3n) is 4.50. The van der Waals surface area contributed by atoms with E-state index in [1.807, 2.05) is 44.0 Å². The summed E-state index contributed by atoms with van der Waals surface area (Å²) in [5, 5.41) is 0.678. The van der Waals surface area contributed by atoms with Gasteiger partial charge in [-0.25, -0.2) is 0 Å². The van der Waals surface area contributed by atoms with Gasteiger partial charge in [-0.05, 0) is 61.2 Å². The molecular formula is C19H20BrN3O. The third-order valence-corrected chi connectivity index (χ3v) is 4.99. The van der Waals surface area contributed by atoms with E-state index in [2.05, 4.69) is 45.0 Å². The molecule has 124 valence electrons. The first kappa shape index (κ1) is 16.7. The van der Waals surface area contributed by atoms with Crippen molar-refractivity contribution in [3.05, 3.63) is 67.4 Å². The molecule has 0 atom stereocenters. The van der Waals surface area contributed by atoms with Crippen molar-refractivity contribution >= 4 is 32.8 Å². The maximum Gasteiger partial charge on any atom is 0.282 e. The number of aromatic amines is 1. The summed E-state index contributed by atoms with van der Waals surface area (Å²) in [6, 6.07) is 10.1. The lowest BCUT2D eigenvalue weighted by Gasteiger charge is -2.19. The Bertz CT molecular complexity index is 978. The Kier molecular flexibility index (Phi) is 4.45.